The van der Waals surface area contributed by atoms with Gasteiger partial charge in [-0.15, -0.1) is 0 Å². The van der Waals surface area contributed by atoms with E-state index in [1.54, 1.807) is 0 Å². The first-order chi connectivity index (χ1) is 10.8. The molecule has 0 aromatic carbocycles. The number of carbonyl (C=O) groups is 1. The summed E-state index contributed by atoms with van der Waals surface area (Å²) in [5.41, 5.74) is 1.90. The van der Waals surface area contributed by atoms with Crippen molar-refractivity contribution in [2.24, 2.45) is 11.3 Å². The molecule has 0 spiro atoms. The van der Waals surface area contributed by atoms with Crippen LogP contribution in [0.4, 0.5) is 0 Å². The summed E-state index contributed by atoms with van der Waals surface area (Å²) in [7, 11) is 0. The van der Waals surface area contributed by atoms with Gasteiger partial charge in [0.15, 0.2) is 5.69 Å². The summed E-state index contributed by atoms with van der Waals surface area (Å²) in [5, 5.41) is 4.19. The highest BCUT2D eigenvalue weighted by Gasteiger charge is 2.37. The van der Waals surface area contributed by atoms with Crippen LogP contribution in [-0.2, 0) is 12.8 Å². The minimum atomic E-state index is 0.0734. The molecule has 1 saturated heterocycles. The number of carbonyl (C=O) groups excluding carboxylic acids is 1. The lowest BCUT2D eigenvalue weighted by molar-refractivity contribution is 0.0498. The van der Waals surface area contributed by atoms with E-state index < -0.39 is 0 Å². The summed E-state index contributed by atoms with van der Waals surface area (Å²) < 4.78 is 5.53. The Morgan fingerprint density at radius 1 is 1.17 bits per heavy atom. The van der Waals surface area contributed by atoms with Gasteiger partial charge in [0.1, 0.15) is 5.76 Å². The number of rotatable bonds is 1. The van der Waals surface area contributed by atoms with Gasteiger partial charge < -0.3 is 9.42 Å². The summed E-state index contributed by atoms with van der Waals surface area (Å²) in [6.45, 7) is 11.2. The van der Waals surface area contributed by atoms with E-state index in [4.69, 9.17) is 4.52 Å². The fraction of sp³-hybridized carbons (Fsp3) is 0.789. The molecule has 0 saturated carbocycles. The van der Waals surface area contributed by atoms with E-state index in [2.05, 4.69) is 39.8 Å². The number of aromatic nitrogens is 1. The minimum Gasteiger partial charge on any atom is -0.360 e. The Morgan fingerprint density at radius 2 is 1.83 bits per heavy atom. The van der Waals surface area contributed by atoms with E-state index in [1.807, 2.05) is 4.90 Å². The third kappa shape index (κ3) is 3.05. The van der Waals surface area contributed by atoms with Crippen LogP contribution in [0.15, 0.2) is 4.52 Å². The molecule has 1 aromatic heterocycles. The summed E-state index contributed by atoms with van der Waals surface area (Å²) in [5.74, 6) is 1.59. The van der Waals surface area contributed by atoms with E-state index >= 15 is 0 Å². The summed E-state index contributed by atoms with van der Waals surface area (Å²) >= 11 is 0. The first-order valence-electron chi connectivity index (χ1n) is 9.09. The zero-order valence-corrected chi connectivity index (χ0v) is 15.2. The highest BCUT2D eigenvalue weighted by molar-refractivity contribution is 5.94. The van der Waals surface area contributed by atoms with E-state index in [-0.39, 0.29) is 11.3 Å². The zero-order chi connectivity index (χ0) is 16.8. The fourth-order valence-electron chi connectivity index (χ4n) is 4.26. The second-order valence-electron chi connectivity index (χ2n) is 8.58. The van der Waals surface area contributed by atoms with Crippen molar-refractivity contribution in [2.45, 2.75) is 85.2 Å². The Kier molecular flexibility index (Phi) is 4.28. The Balaban J connectivity index is 1.87. The molecular weight excluding hydrogens is 288 g/mol. The van der Waals surface area contributed by atoms with Gasteiger partial charge in [-0.1, -0.05) is 25.9 Å². The van der Waals surface area contributed by atoms with Gasteiger partial charge in [0.25, 0.3) is 5.91 Å². The SMILES string of the molecule is C[C@@H]1CCC[C@H](C)N1C(=O)c1noc2c1C[C@H](C(C)(C)C)CC2. The monoisotopic (exact) mass is 318 g/mol. The number of hydrogen-bond donors (Lipinski definition) is 0. The molecule has 4 nitrogen and oxygen atoms in total. The number of piperidine rings is 1. The highest BCUT2D eigenvalue weighted by Crippen LogP contribution is 2.39. The van der Waals surface area contributed by atoms with E-state index in [9.17, 15) is 4.79 Å². The molecular formula is C19H30N2O2. The molecule has 1 aliphatic carbocycles. The maximum absolute atomic E-state index is 13.1. The second kappa shape index (κ2) is 5.95. The summed E-state index contributed by atoms with van der Waals surface area (Å²) in [6.07, 6.45) is 6.31. The van der Waals surface area contributed by atoms with Crippen LogP contribution in [-0.4, -0.2) is 28.0 Å². The number of nitrogens with zero attached hydrogens (tertiary/aromatic N) is 2. The van der Waals surface area contributed by atoms with E-state index in [0.29, 0.717) is 23.7 Å². The maximum atomic E-state index is 13.1. The third-order valence-corrected chi connectivity index (χ3v) is 5.90. The van der Waals surface area contributed by atoms with Crippen molar-refractivity contribution in [1.82, 2.24) is 10.1 Å². The van der Waals surface area contributed by atoms with Crippen molar-refractivity contribution in [3.63, 3.8) is 0 Å². The molecule has 1 fully saturated rings. The van der Waals surface area contributed by atoms with Crippen molar-refractivity contribution in [1.29, 1.82) is 0 Å². The van der Waals surface area contributed by atoms with Crippen LogP contribution in [0.1, 0.15) is 82.1 Å². The average molecular weight is 318 g/mol. The molecule has 2 heterocycles. The third-order valence-electron chi connectivity index (χ3n) is 5.90. The largest absolute Gasteiger partial charge is 0.360 e. The number of amides is 1. The number of likely N-dealkylation sites (tertiary alicyclic amines) is 1. The van der Waals surface area contributed by atoms with Crippen molar-refractivity contribution in [3.05, 3.63) is 17.0 Å². The van der Waals surface area contributed by atoms with Crippen LogP contribution in [0.3, 0.4) is 0 Å². The van der Waals surface area contributed by atoms with Gasteiger partial charge in [-0.25, -0.2) is 0 Å². The molecule has 1 amide bonds. The normalized spacial score (nSPS) is 28.6. The van der Waals surface area contributed by atoms with Gasteiger partial charge in [0, 0.05) is 24.1 Å². The highest BCUT2D eigenvalue weighted by atomic mass is 16.5. The van der Waals surface area contributed by atoms with Crippen molar-refractivity contribution in [2.75, 3.05) is 0 Å². The predicted octanol–water partition coefficient (Wildman–Crippen LogP) is 4.23. The first kappa shape index (κ1) is 16.5. The van der Waals surface area contributed by atoms with Crippen molar-refractivity contribution in [3.8, 4) is 0 Å². The molecule has 0 N–H and O–H groups in total. The van der Waals surface area contributed by atoms with Gasteiger partial charge in [-0.05, 0) is 57.3 Å². The molecule has 4 heteroatoms. The Hall–Kier alpha value is -1.32. The molecule has 0 bridgehead atoms. The molecule has 128 valence electrons. The lowest BCUT2D eigenvalue weighted by atomic mass is 9.71. The van der Waals surface area contributed by atoms with Crippen LogP contribution in [0.25, 0.3) is 0 Å². The number of aryl methyl sites for hydroxylation is 1. The number of hydrogen-bond acceptors (Lipinski definition) is 3. The molecule has 3 rings (SSSR count). The van der Waals surface area contributed by atoms with Crippen molar-refractivity contribution < 1.29 is 9.32 Å². The molecule has 2 aliphatic rings. The molecule has 0 radical (unpaired) electrons. The Bertz CT molecular complexity index is 575. The topological polar surface area (TPSA) is 46.3 Å². The molecule has 1 aliphatic heterocycles. The van der Waals surface area contributed by atoms with Crippen LogP contribution < -0.4 is 0 Å². The molecule has 3 atom stereocenters. The summed E-state index contributed by atoms with van der Waals surface area (Å²) in [4.78, 5) is 15.1. The van der Waals surface area contributed by atoms with E-state index in [1.165, 1.54) is 6.42 Å². The van der Waals surface area contributed by atoms with Crippen LogP contribution in [0.5, 0.6) is 0 Å². The second-order valence-corrected chi connectivity index (χ2v) is 8.58. The van der Waals surface area contributed by atoms with Gasteiger partial charge in [-0.3, -0.25) is 4.79 Å². The van der Waals surface area contributed by atoms with Gasteiger partial charge in [0.2, 0.25) is 0 Å². The quantitative estimate of drug-likeness (QED) is 0.778. The smallest absolute Gasteiger partial charge is 0.276 e. The standard InChI is InChI=1S/C19H30N2O2/c1-12-7-6-8-13(2)21(12)18(22)17-15-11-14(19(3,4)5)9-10-16(15)23-20-17/h12-14H,6-11H2,1-5H3/t12-,13+,14-/m1/s1. The van der Waals surface area contributed by atoms with Crippen LogP contribution in [0.2, 0.25) is 0 Å². The number of fused-ring (bicyclic) bond motifs is 1. The zero-order valence-electron chi connectivity index (χ0n) is 15.2. The van der Waals surface area contributed by atoms with Gasteiger partial charge >= 0.3 is 0 Å². The Morgan fingerprint density at radius 3 is 2.43 bits per heavy atom. The molecule has 23 heavy (non-hydrogen) atoms. The van der Waals surface area contributed by atoms with E-state index in [0.717, 1.165) is 43.4 Å². The van der Waals surface area contributed by atoms with Crippen LogP contribution in [0, 0.1) is 11.3 Å². The molecule has 1 aromatic rings. The predicted molar refractivity (Wildman–Crippen MR) is 90.4 cm³/mol. The lowest BCUT2D eigenvalue weighted by Crippen LogP contribution is -2.48. The fourth-order valence-corrected chi connectivity index (χ4v) is 4.26. The van der Waals surface area contributed by atoms with Gasteiger partial charge in [-0.2, -0.15) is 0 Å². The lowest BCUT2D eigenvalue weighted by Gasteiger charge is -2.39. The maximum Gasteiger partial charge on any atom is 0.276 e. The van der Waals surface area contributed by atoms with Crippen molar-refractivity contribution >= 4 is 5.91 Å². The summed E-state index contributed by atoms with van der Waals surface area (Å²) in [6, 6.07) is 0.584. The van der Waals surface area contributed by atoms with Crippen LogP contribution >= 0.6 is 0 Å². The Labute approximate surface area is 139 Å². The average Bonchev–Trinajstić information content (AvgIpc) is 2.88. The molecule has 0 unspecified atom stereocenters. The van der Waals surface area contributed by atoms with Gasteiger partial charge in [0.05, 0.1) is 0 Å². The first-order valence-corrected chi connectivity index (χ1v) is 9.09. The minimum absolute atomic E-state index is 0.0734.